The van der Waals surface area contributed by atoms with Crippen LogP contribution < -0.4 is 0 Å². The number of thioether (sulfide) groups is 2. The molecule has 1 aromatic rings. The van der Waals surface area contributed by atoms with E-state index >= 15 is 0 Å². The van der Waals surface area contributed by atoms with E-state index in [1.807, 2.05) is 41.3 Å². The minimum absolute atomic E-state index is 0.182. The number of imidazole rings is 1. The second-order valence-electron chi connectivity index (χ2n) is 4.79. The SMILES string of the molecule is CC1SCC(C(=O)CCc2nccn2C)SC1C. The van der Waals surface area contributed by atoms with Gasteiger partial charge in [0.15, 0.2) is 0 Å². The van der Waals surface area contributed by atoms with Crippen LogP contribution in [0.15, 0.2) is 12.4 Å². The highest BCUT2D eigenvalue weighted by atomic mass is 32.2. The summed E-state index contributed by atoms with van der Waals surface area (Å²) in [6.07, 6.45) is 5.09. The number of aromatic nitrogens is 2. The Hall–Kier alpha value is -0.420. The third kappa shape index (κ3) is 3.32. The molecule has 1 aromatic heterocycles. The predicted molar refractivity (Wildman–Crippen MR) is 79.3 cm³/mol. The average molecular weight is 284 g/mol. The summed E-state index contributed by atoms with van der Waals surface area (Å²) in [6.45, 7) is 4.47. The van der Waals surface area contributed by atoms with E-state index in [9.17, 15) is 4.79 Å². The third-order valence-electron chi connectivity index (χ3n) is 3.43. The molecule has 3 nitrogen and oxygen atoms in total. The minimum Gasteiger partial charge on any atom is -0.338 e. The number of aryl methyl sites for hydroxylation is 2. The first kappa shape index (κ1) is 14.0. The van der Waals surface area contributed by atoms with Crippen LogP contribution in [0.5, 0.6) is 0 Å². The van der Waals surface area contributed by atoms with E-state index in [1.54, 1.807) is 6.20 Å². The summed E-state index contributed by atoms with van der Waals surface area (Å²) in [5.74, 6) is 2.35. The van der Waals surface area contributed by atoms with Crippen molar-refractivity contribution in [3.63, 3.8) is 0 Å². The van der Waals surface area contributed by atoms with Crippen LogP contribution in [0.1, 0.15) is 26.1 Å². The fourth-order valence-corrected chi connectivity index (χ4v) is 4.91. The Morgan fingerprint density at radius 3 is 2.89 bits per heavy atom. The number of rotatable bonds is 4. The van der Waals surface area contributed by atoms with Crippen molar-refractivity contribution in [2.75, 3.05) is 5.75 Å². The largest absolute Gasteiger partial charge is 0.338 e. The van der Waals surface area contributed by atoms with Gasteiger partial charge in [0, 0.05) is 48.5 Å². The molecule has 0 bridgehead atoms. The Kier molecular flexibility index (Phi) is 4.78. The molecule has 1 saturated heterocycles. The molecule has 0 saturated carbocycles. The van der Waals surface area contributed by atoms with Crippen molar-refractivity contribution in [1.29, 1.82) is 0 Å². The highest BCUT2D eigenvalue weighted by Crippen LogP contribution is 2.36. The topological polar surface area (TPSA) is 34.9 Å². The lowest BCUT2D eigenvalue weighted by atomic mass is 10.1. The molecule has 3 unspecified atom stereocenters. The van der Waals surface area contributed by atoms with Crippen LogP contribution in [0.25, 0.3) is 0 Å². The number of ketones is 1. The third-order valence-corrected chi connectivity index (χ3v) is 6.86. The molecule has 3 atom stereocenters. The molecular formula is C13H20N2OS2. The van der Waals surface area contributed by atoms with Crippen molar-refractivity contribution < 1.29 is 4.79 Å². The maximum absolute atomic E-state index is 12.2. The van der Waals surface area contributed by atoms with E-state index in [4.69, 9.17) is 0 Å². The molecule has 0 aliphatic carbocycles. The van der Waals surface area contributed by atoms with Gasteiger partial charge in [-0.15, -0.1) is 11.8 Å². The highest BCUT2D eigenvalue weighted by molar-refractivity contribution is 8.08. The molecule has 0 aromatic carbocycles. The lowest BCUT2D eigenvalue weighted by molar-refractivity contribution is -0.118. The Bertz CT molecular complexity index is 419. The smallest absolute Gasteiger partial charge is 0.147 e. The van der Waals surface area contributed by atoms with E-state index in [-0.39, 0.29) is 5.25 Å². The summed E-state index contributed by atoms with van der Waals surface area (Å²) >= 11 is 3.77. The molecule has 0 spiro atoms. The van der Waals surface area contributed by atoms with E-state index in [0.717, 1.165) is 18.0 Å². The predicted octanol–water partition coefficient (Wildman–Crippen LogP) is 2.55. The van der Waals surface area contributed by atoms with Crippen molar-refractivity contribution in [3.05, 3.63) is 18.2 Å². The fourth-order valence-electron chi connectivity index (χ4n) is 1.99. The number of carbonyl (C=O) groups excluding carboxylic acids is 1. The van der Waals surface area contributed by atoms with Crippen LogP contribution in [0.2, 0.25) is 0 Å². The zero-order valence-electron chi connectivity index (χ0n) is 11.1. The molecule has 0 N–H and O–H groups in total. The molecule has 18 heavy (non-hydrogen) atoms. The van der Waals surface area contributed by atoms with Crippen molar-refractivity contribution in [3.8, 4) is 0 Å². The first-order valence-corrected chi connectivity index (χ1v) is 8.33. The van der Waals surface area contributed by atoms with Gasteiger partial charge in [-0.3, -0.25) is 4.79 Å². The van der Waals surface area contributed by atoms with Gasteiger partial charge in [-0.1, -0.05) is 13.8 Å². The van der Waals surface area contributed by atoms with Gasteiger partial charge in [0.25, 0.3) is 0 Å². The van der Waals surface area contributed by atoms with Crippen LogP contribution in [-0.2, 0) is 18.3 Å². The number of carbonyl (C=O) groups is 1. The summed E-state index contributed by atoms with van der Waals surface area (Å²) in [5.41, 5.74) is 0. The molecular weight excluding hydrogens is 264 g/mol. The maximum atomic E-state index is 12.2. The maximum Gasteiger partial charge on any atom is 0.147 e. The van der Waals surface area contributed by atoms with Gasteiger partial charge in [0.05, 0.1) is 5.25 Å². The van der Waals surface area contributed by atoms with Crippen molar-refractivity contribution >= 4 is 29.3 Å². The Labute approximate surface area is 117 Å². The van der Waals surface area contributed by atoms with E-state index in [0.29, 0.717) is 22.7 Å². The summed E-state index contributed by atoms with van der Waals surface area (Å²) in [5, 5.41) is 1.42. The molecule has 1 aliphatic heterocycles. The molecule has 100 valence electrons. The fraction of sp³-hybridized carbons (Fsp3) is 0.692. The second kappa shape index (κ2) is 6.15. The molecule has 2 rings (SSSR count). The van der Waals surface area contributed by atoms with E-state index in [1.165, 1.54) is 0 Å². The normalized spacial score (nSPS) is 28.3. The van der Waals surface area contributed by atoms with Crippen LogP contribution in [-0.4, -0.2) is 36.8 Å². The summed E-state index contributed by atoms with van der Waals surface area (Å²) in [7, 11) is 1.97. The number of hydrogen-bond donors (Lipinski definition) is 0. The Morgan fingerprint density at radius 2 is 2.28 bits per heavy atom. The molecule has 0 amide bonds. The number of Topliss-reactive ketones (excluding diaryl/α,β-unsaturated/α-hetero) is 1. The number of hydrogen-bond acceptors (Lipinski definition) is 4. The van der Waals surface area contributed by atoms with Gasteiger partial charge in [-0.25, -0.2) is 4.98 Å². The second-order valence-corrected chi connectivity index (χ2v) is 7.78. The zero-order valence-corrected chi connectivity index (χ0v) is 12.8. The summed E-state index contributed by atoms with van der Waals surface area (Å²) in [4.78, 5) is 16.4. The first-order valence-electron chi connectivity index (χ1n) is 6.34. The standard InChI is InChI=1S/C13H20N2OS2/c1-9-10(2)18-12(8-17-9)11(16)4-5-13-14-6-7-15(13)3/h6-7,9-10,12H,4-5,8H2,1-3H3. The van der Waals surface area contributed by atoms with Crippen LogP contribution in [0.3, 0.4) is 0 Å². The first-order chi connectivity index (χ1) is 8.58. The van der Waals surface area contributed by atoms with Crippen LogP contribution in [0, 0.1) is 0 Å². The lowest BCUT2D eigenvalue weighted by Gasteiger charge is -2.30. The molecule has 5 heteroatoms. The number of nitrogens with zero attached hydrogens (tertiary/aromatic N) is 2. The van der Waals surface area contributed by atoms with Gasteiger partial charge >= 0.3 is 0 Å². The van der Waals surface area contributed by atoms with Gasteiger partial charge in [-0.05, 0) is 0 Å². The Morgan fingerprint density at radius 1 is 1.50 bits per heavy atom. The summed E-state index contributed by atoms with van der Waals surface area (Å²) in [6, 6.07) is 0. The van der Waals surface area contributed by atoms with E-state index < -0.39 is 0 Å². The van der Waals surface area contributed by atoms with Gasteiger partial charge < -0.3 is 4.57 Å². The monoisotopic (exact) mass is 284 g/mol. The average Bonchev–Trinajstić information content (AvgIpc) is 2.75. The Balaban J connectivity index is 1.83. The zero-order chi connectivity index (χ0) is 13.1. The molecule has 1 fully saturated rings. The van der Waals surface area contributed by atoms with Crippen molar-refractivity contribution in [1.82, 2.24) is 9.55 Å². The summed E-state index contributed by atoms with van der Waals surface area (Å²) < 4.78 is 1.99. The van der Waals surface area contributed by atoms with Crippen LogP contribution in [0.4, 0.5) is 0 Å². The molecule has 0 radical (unpaired) electrons. The van der Waals surface area contributed by atoms with Gasteiger partial charge in [-0.2, -0.15) is 11.8 Å². The highest BCUT2D eigenvalue weighted by Gasteiger charge is 2.29. The van der Waals surface area contributed by atoms with Crippen molar-refractivity contribution in [2.24, 2.45) is 7.05 Å². The van der Waals surface area contributed by atoms with Crippen molar-refractivity contribution in [2.45, 2.75) is 42.4 Å². The quantitative estimate of drug-likeness (QED) is 0.851. The van der Waals surface area contributed by atoms with Crippen LogP contribution >= 0.6 is 23.5 Å². The van der Waals surface area contributed by atoms with Gasteiger partial charge in [0.2, 0.25) is 0 Å². The minimum atomic E-state index is 0.182. The lowest BCUT2D eigenvalue weighted by Crippen LogP contribution is -2.31. The molecule has 1 aliphatic rings. The molecule has 2 heterocycles. The van der Waals surface area contributed by atoms with E-state index in [2.05, 4.69) is 18.8 Å². The van der Waals surface area contributed by atoms with Gasteiger partial charge in [0.1, 0.15) is 11.6 Å².